The van der Waals surface area contributed by atoms with Crippen molar-refractivity contribution in [1.29, 1.82) is 0 Å². The zero-order valence-corrected chi connectivity index (χ0v) is 24.9. The molecule has 1 fully saturated rings. The molecule has 1 unspecified atom stereocenters. The van der Waals surface area contributed by atoms with Crippen LogP contribution in [-0.4, -0.2) is 69.5 Å². The molecule has 1 saturated heterocycles. The van der Waals surface area contributed by atoms with Crippen LogP contribution in [0, 0.1) is 6.92 Å². The van der Waals surface area contributed by atoms with Gasteiger partial charge in [0.25, 0.3) is 0 Å². The quantitative estimate of drug-likeness (QED) is 0.234. The molecular weight excluding hydrogens is 544 g/mol. The second-order valence-electron chi connectivity index (χ2n) is 11.5. The molecule has 0 radical (unpaired) electrons. The summed E-state index contributed by atoms with van der Waals surface area (Å²) < 4.78 is 6.66. The molecule has 1 N–H and O–H groups in total. The fourth-order valence-electron chi connectivity index (χ4n) is 6.60. The van der Waals surface area contributed by atoms with Crippen molar-refractivity contribution in [3.05, 3.63) is 84.1 Å². The maximum atomic E-state index is 12.5. The maximum Gasteiger partial charge on any atom is 0.246 e. The average molecular weight is 579 g/mol. The van der Waals surface area contributed by atoms with Crippen molar-refractivity contribution < 1.29 is 9.53 Å². The van der Waals surface area contributed by atoms with Gasteiger partial charge in [-0.25, -0.2) is 4.99 Å². The van der Waals surface area contributed by atoms with E-state index in [0.717, 1.165) is 56.1 Å². The molecule has 1 aromatic heterocycles. The first-order valence-electron chi connectivity index (χ1n) is 14.4. The zero-order chi connectivity index (χ0) is 29.1. The maximum absolute atomic E-state index is 12.5. The lowest BCUT2D eigenvalue weighted by Crippen LogP contribution is -2.58. The molecule has 4 aromatic rings. The first-order valence-corrected chi connectivity index (χ1v) is 14.9. The van der Waals surface area contributed by atoms with E-state index < -0.39 is 5.50 Å². The van der Waals surface area contributed by atoms with Gasteiger partial charge in [0.15, 0.2) is 5.50 Å². The molecule has 4 heterocycles. The minimum atomic E-state index is -0.451. The van der Waals surface area contributed by atoms with Gasteiger partial charge in [-0.05, 0) is 65.4 Å². The predicted molar refractivity (Wildman–Crippen MR) is 171 cm³/mol. The van der Waals surface area contributed by atoms with Crippen LogP contribution in [0.1, 0.15) is 36.5 Å². The highest BCUT2D eigenvalue weighted by atomic mass is 32.1. The Kier molecular flexibility index (Phi) is 6.50. The second-order valence-corrected chi connectivity index (χ2v) is 11.9. The topological polar surface area (TPSA) is 77.1 Å². The van der Waals surface area contributed by atoms with Crippen molar-refractivity contribution in [1.82, 2.24) is 20.0 Å². The number of aliphatic imine (C=N–C) groups is 1. The lowest BCUT2D eigenvalue weighted by atomic mass is 9.93. The summed E-state index contributed by atoms with van der Waals surface area (Å²) in [4.78, 5) is 24.1. The third-order valence-corrected chi connectivity index (χ3v) is 8.99. The number of carbonyl (C=O) groups is 1. The Bertz CT molecular complexity index is 1760. The number of piperazine rings is 1. The van der Waals surface area contributed by atoms with Crippen molar-refractivity contribution >= 4 is 46.6 Å². The molecule has 42 heavy (non-hydrogen) atoms. The number of rotatable bonds is 4. The van der Waals surface area contributed by atoms with Gasteiger partial charge < -0.3 is 19.4 Å². The molecule has 3 aromatic carbocycles. The lowest BCUT2D eigenvalue weighted by Gasteiger charge is -2.43. The molecule has 0 spiro atoms. The summed E-state index contributed by atoms with van der Waals surface area (Å²) in [6.07, 6.45) is 3.28. The number of hydrogen-bond acceptors (Lipinski definition) is 7. The van der Waals surface area contributed by atoms with E-state index in [1.165, 1.54) is 11.6 Å². The highest BCUT2D eigenvalue weighted by Gasteiger charge is 2.41. The third-order valence-electron chi connectivity index (χ3n) is 8.64. The molecule has 0 aliphatic carbocycles. The number of para-hydroxylation sites is 1. The number of nitrogens with zero attached hydrogens (tertiary/aromatic N) is 5. The summed E-state index contributed by atoms with van der Waals surface area (Å²) in [5.41, 5.74) is 8.13. The highest BCUT2D eigenvalue weighted by Crippen LogP contribution is 2.48. The molecule has 1 amide bonds. The number of thiol groups is 1. The van der Waals surface area contributed by atoms with Gasteiger partial charge in [-0.15, -0.1) is 12.6 Å². The first kappa shape index (κ1) is 26.6. The van der Waals surface area contributed by atoms with Crippen LogP contribution in [0.25, 0.3) is 22.0 Å². The van der Waals surface area contributed by atoms with Crippen molar-refractivity contribution in [3.63, 3.8) is 0 Å². The molecule has 214 valence electrons. The molecule has 2 atom stereocenters. The van der Waals surface area contributed by atoms with E-state index in [1.54, 1.807) is 0 Å². The van der Waals surface area contributed by atoms with E-state index in [1.807, 2.05) is 11.1 Å². The van der Waals surface area contributed by atoms with E-state index in [2.05, 4.69) is 95.9 Å². The number of amidine groups is 1. The molecule has 0 saturated carbocycles. The minimum absolute atomic E-state index is 0.0424. The largest absolute Gasteiger partial charge is 0.490 e. The highest BCUT2D eigenvalue weighted by molar-refractivity contribution is 7.81. The number of H-pyrrole nitrogens is 1. The van der Waals surface area contributed by atoms with E-state index in [0.29, 0.717) is 32.2 Å². The van der Waals surface area contributed by atoms with Crippen LogP contribution >= 0.6 is 12.6 Å². The monoisotopic (exact) mass is 578 g/mol. The summed E-state index contributed by atoms with van der Waals surface area (Å²) in [6, 6.07) is 17.0. The number of aryl methyl sites for hydroxylation is 1. The van der Waals surface area contributed by atoms with Crippen molar-refractivity contribution in [3.8, 4) is 16.9 Å². The standard InChI is InChI=1S/C33H34N6O2S/c1-5-29(40)37-12-13-38-22(17-37)18-41-28-15-21(30-20(4)10-11-25-24(30)16-34-36-25)14-27-31(28)32(38)35-33(42)39(27)26-9-7-6-8-23(26)19(2)3/h5-11,14-16,19,22,33,42H,1,12-13,17-18H2,2-4H3,(H,34,36)/t22-,33?/m0/s1. The lowest BCUT2D eigenvalue weighted by molar-refractivity contribution is -0.128. The summed E-state index contributed by atoms with van der Waals surface area (Å²) in [5.74, 6) is 1.91. The molecule has 0 bridgehead atoms. The Balaban J connectivity index is 1.46. The summed E-state index contributed by atoms with van der Waals surface area (Å²) in [5, 5.41) is 8.52. The SMILES string of the molecule is C=CC(=O)N1CCN2C3=NC(S)N(c4ccccc4C(C)C)c4cc(-c5c(C)ccc6[nH]ncc56)cc(c43)OC[C@@H]2C1. The van der Waals surface area contributed by atoms with Crippen LogP contribution in [0.15, 0.2) is 72.4 Å². The molecule has 9 heteroatoms. The number of anilines is 2. The Labute approximate surface area is 251 Å². The molecule has 3 aliphatic rings. The second kappa shape index (κ2) is 10.2. The van der Waals surface area contributed by atoms with Gasteiger partial charge in [0.05, 0.1) is 29.0 Å². The number of amides is 1. The Morgan fingerprint density at radius 2 is 1.98 bits per heavy atom. The van der Waals surface area contributed by atoms with Crippen LogP contribution in [0.3, 0.4) is 0 Å². The van der Waals surface area contributed by atoms with Crippen LogP contribution in [0.5, 0.6) is 5.75 Å². The van der Waals surface area contributed by atoms with Crippen LogP contribution < -0.4 is 9.64 Å². The normalized spacial score (nSPS) is 19.6. The fourth-order valence-corrected chi connectivity index (χ4v) is 6.96. The first-order chi connectivity index (χ1) is 20.4. The van der Waals surface area contributed by atoms with Gasteiger partial charge in [-0.1, -0.05) is 44.7 Å². The Morgan fingerprint density at radius 1 is 1.14 bits per heavy atom. The number of ether oxygens (including phenoxy) is 1. The Hall–Kier alpha value is -4.24. The predicted octanol–water partition coefficient (Wildman–Crippen LogP) is 5.86. The number of aromatic amines is 1. The van der Waals surface area contributed by atoms with Gasteiger partial charge in [0.2, 0.25) is 5.91 Å². The smallest absolute Gasteiger partial charge is 0.246 e. The number of fused-ring (bicyclic) bond motifs is 3. The van der Waals surface area contributed by atoms with Gasteiger partial charge in [0, 0.05) is 30.7 Å². The average Bonchev–Trinajstić information content (AvgIpc) is 3.41. The van der Waals surface area contributed by atoms with Crippen LogP contribution in [0.4, 0.5) is 11.4 Å². The molecular formula is C33H34N6O2S. The van der Waals surface area contributed by atoms with Gasteiger partial charge in [-0.3, -0.25) is 9.89 Å². The van der Waals surface area contributed by atoms with Crippen molar-refractivity contribution in [2.24, 2.45) is 4.99 Å². The number of aromatic nitrogens is 2. The van der Waals surface area contributed by atoms with E-state index >= 15 is 0 Å². The fraction of sp³-hybridized carbons (Fsp3) is 0.303. The van der Waals surface area contributed by atoms with E-state index in [4.69, 9.17) is 22.4 Å². The van der Waals surface area contributed by atoms with Crippen molar-refractivity contribution in [2.45, 2.75) is 38.2 Å². The van der Waals surface area contributed by atoms with Gasteiger partial charge in [0.1, 0.15) is 18.2 Å². The minimum Gasteiger partial charge on any atom is -0.490 e. The molecule has 3 aliphatic heterocycles. The zero-order valence-electron chi connectivity index (χ0n) is 24.0. The van der Waals surface area contributed by atoms with Crippen molar-refractivity contribution in [2.75, 3.05) is 31.1 Å². The van der Waals surface area contributed by atoms with Gasteiger partial charge in [-0.2, -0.15) is 5.10 Å². The van der Waals surface area contributed by atoms with E-state index in [9.17, 15) is 4.79 Å². The number of nitrogens with one attached hydrogen (secondary N) is 1. The number of carbonyl (C=O) groups excluding carboxylic acids is 1. The van der Waals surface area contributed by atoms with Crippen LogP contribution in [0.2, 0.25) is 0 Å². The molecule has 8 nitrogen and oxygen atoms in total. The molecule has 7 rings (SSSR count). The summed E-state index contributed by atoms with van der Waals surface area (Å²) in [6.45, 7) is 12.5. The Morgan fingerprint density at radius 3 is 2.79 bits per heavy atom. The number of benzene rings is 3. The van der Waals surface area contributed by atoms with Crippen LogP contribution in [-0.2, 0) is 4.79 Å². The summed E-state index contributed by atoms with van der Waals surface area (Å²) in [7, 11) is 0. The number of hydrogen-bond donors (Lipinski definition) is 2. The van der Waals surface area contributed by atoms with Gasteiger partial charge >= 0.3 is 0 Å². The summed E-state index contributed by atoms with van der Waals surface area (Å²) >= 11 is 5.11. The third kappa shape index (κ3) is 4.17. The van der Waals surface area contributed by atoms with E-state index in [-0.39, 0.29) is 11.9 Å².